The van der Waals surface area contributed by atoms with E-state index in [1.807, 2.05) is 0 Å². The third-order valence-electron chi connectivity index (χ3n) is 4.01. The van der Waals surface area contributed by atoms with Gasteiger partial charge >= 0.3 is 0 Å². The van der Waals surface area contributed by atoms with Gasteiger partial charge in [0.15, 0.2) is 0 Å². The van der Waals surface area contributed by atoms with Gasteiger partial charge in [0.2, 0.25) is 11.8 Å². The Balaban J connectivity index is 1.49. The van der Waals surface area contributed by atoms with E-state index < -0.39 is 0 Å². The number of aromatic nitrogens is 2. The highest BCUT2D eigenvalue weighted by atomic mass is 16.5. The van der Waals surface area contributed by atoms with Gasteiger partial charge in [-0.25, -0.2) is 4.98 Å². The zero-order valence-corrected chi connectivity index (χ0v) is 12.9. The molecule has 1 aliphatic rings. The molecule has 1 fully saturated rings. The van der Waals surface area contributed by atoms with E-state index in [9.17, 15) is 0 Å². The van der Waals surface area contributed by atoms with E-state index in [1.54, 1.807) is 19.4 Å². The zero-order chi connectivity index (χ0) is 15.2. The summed E-state index contributed by atoms with van der Waals surface area (Å²) in [4.78, 5) is 11.1. The fraction of sp³-hybridized carbons (Fsp3) is 0.412. The molecule has 0 bridgehead atoms. The maximum atomic E-state index is 5.13. The van der Waals surface area contributed by atoms with Crippen molar-refractivity contribution in [3.63, 3.8) is 0 Å². The molecule has 0 amide bonds. The lowest BCUT2D eigenvalue weighted by atomic mass is 10.0. The lowest BCUT2D eigenvalue weighted by Crippen LogP contribution is -2.38. The number of hydrogen-bond donors (Lipinski definition) is 1. The number of anilines is 1. The third-order valence-corrected chi connectivity index (χ3v) is 4.01. The van der Waals surface area contributed by atoms with Gasteiger partial charge in [-0.05, 0) is 18.4 Å². The highest BCUT2D eigenvalue weighted by Crippen LogP contribution is 2.17. The van der Waals surface area contributed by atoms with Crippen LogP contribution in [0.5, 0.6) is 5.88 Å². The fourth-order valence-electron chi connectivity index (χ4n) is 2.78. The summed E-state index contributed by atoms with van der Waals surface area (Å²) in [6.45, 7) is 3.22. The summed E-state index contributed by atoms with van der Waals surface area (Å²) >= 11 is 0. The highest BCUT2D eigenvalue weighted by Gasteiger charge is 2.19. The van der Waals surface area contributed by atoms with Gasteiger partial charge in [0.05, 0.1) is 7.11 Å². The summed E-state index contributed by atoms with van der Waals surface area (Å²) in [5, 5.41) is 3.41. The normalized spacial score (nSPS) is 16.4. The standard InChI is InChI=1S/C17H22N4O/c1-22-16-7-10-18-17(20-16)19-15-8-11-21(12-9-15)13-14-5-3-2-4-6-14/h2-7,10,15H,8-9,11-13H2,1H3,(H,18,19,20). The highest BCUT2D eigenvalue weighted by molar-refractivity contribution is 5.29. The molecule has 3 rings (SSSR count). The first-order valence-electron chi connectivity index (χ1n) is 7.73. The predicted octanol–water partition coefficient (Wildman–Crippen LogP) is 2.56. The molecule has 1 N–H and O–H groups in total. The van der Waals surface area contributed by atoms with Crippen LogP contribution < -0.4 is 10.1 Å². The van der Waals surface area contributed by atoms with Crippen LogP contribution in [-0.2, 0) is 6.54 Å². The average Bonchev–Trinajstić information content (AvgIpc) is 2.58. The molecular formula is C17H22N4O. The number of hydrogen-bond acceptors (Lipinski definition) is 5. The monoisotopic (exact) mass is 298 g/mol. The molecule has 2 aromatic rings. The Bertz CT molecular complexity index is 582. The Kier molecular flexibility index (Phi) is 4.85. The van der Waals surface area contributed by atoms with Crippen molar-refractivity contribution in [3.8, 4) is 5.88 Å². The Morgan fingerprint density at radius 2 is 1.95 bits per heavy atom. The molecule has 2 heterocycles. The van der Waals surface area contributed by atoms with Crippen LogP contribution in [0.3, 0.4) is 0 Å². The van der Waals surface area contributed by atoms with Gasteiger partial charge in [-0.3, -0.25) is 4.90 Å². The molecule has 0 spiro atoms. The zero-order valence-electron chi connectivity index (χ0n) is 12.9. The average molecular weight is 298 g/mol. The summed E-state index contributed by atoms with van der Waals surface area (Å²) in [7, 11) is 1.62. The molecule has 22 heavy (non-hydrogen) atoms. The number of rotatable bonds is 5. The van der Waals surface area contributed by atoms with E-state index in [0.717, 1.165) is 32.5 Å². The maximum Gasteiger partial charge on any atom is 0.226 e. The number of benzene rings is 1. The van der Waals surface area contributed by atoms with Gasteiger partial charge in [-0.15, -0.1) is 0 Å². The largest absolute Gasteiger partial charge is 0.481 e. The van der Waals surface area contributed by atoms with E-state index in [-0.39, 0.29) is 0 Å². The van der Waals surface area contributed by atoms with E-state index in [2.05, 4.69) is 50.5 Å². The lowest BCUT2D eigenvalue weighted by molar-refractivity contribution is 0.211. The molecule has 1 saturated heterocycles. The first-order valence-corrected chi connectivity index (χ1v) is 7.73. The SMILES string of the molecule is COc1ccnc(NC2CCN(Cc3ccccc3)CC2)n1. The predicted molar refractivity (Wildman–Crippen MR) is 86.9 cm³/mol. The van der Waals surface area contributed by atoms with Crippen molar-refractivity contribution in [2.24, 2.45) is 0 Å². The number of methoxy groups -OCH3 is 1. The molecule has 0 radical (unpaired) electrons. The molecule has 0 atom stereocenters. The quantitative estimate of drug-likeness (QED) is 0.919. The van der Waals surface area contributed by atoms with Gasteiger partial charge in [0.1, 0.15) is 0 Å². The van der Waals surface area contributed by atoms with Crippen LogP contribution in [0.15, 0.2) is 42.6 Å². The Morgan fingerprint density at radius 1 is 1.18 bits per heavy atom. The Labute approximate surface area is 131 Å². The molecule has 1 aromatic carbocycles. The van der Waals surface area contributed by atoms with Gasteiger partial charge in [0.25, 0.3) is 0 Å². The summed E-state index contributed by atoms with van der Waals surface area (Å²) in [6, 6.07) is 12.8. The molecule has 0 aliphatic carbocycles. The number of nitrogens with one attached hydrogen (secondary N) is 1. The maximum absolute atomic E-state index is 5.13. The number of likely N-dealkylation sites (tertiary alicyclic amines) is 1. The van der Waals surface area contributed by atoms with E-state index >= 15 is 0 Å². The van der Waals surface area contributed by atoms with Crippen LogP contribution in [0.25, 0.3) is 0 Å². The number of piperidine rings is 1. The second kappa shape index (κ2) is 7.22. The van der Waals surface area contributed by atoms with Crippen molar-refractivity contribution < 1.29 is 4.74 Å². The van der Waals surface area contributed by atoms with Crippen molar-refractivity contribution in [1.29, 1.82) is 0 Å². The molecule has 1 aliphatic heterocycles. The van der Waals surface area contributed by atoms with E-state index in [4.69, 9.17) is 4.74 Å². The van der Waals surface area contributed by atoms with Gasteiger partial charge < -0.3 is 10.1 Å². The molecule has 116 valence electrons. The summed E-state index contributed by atoms with van der Waals surface area (Å²) in [6.07, 6.45) is 3.93. The van der Waals surface area contributed by atoms with Gasteiger partial charge in [-0.1, -0.05) is 30.3 Å². The third kappa shape index (κ3) is 3.95. The van der Waals surface area contributed by atoms with Crippen molar-refractivity contribution in [1.82, 2.24) is 14.9 Å². The summed E-state index contributed by atoms with van der Waals surface area (Å²) < 4.78 is 5.13. The molecule has 5 heteroatoms. The second-order valence-corrected chi connectivity index (χ2v) is 5.60. The lowest BCUT2D eigenvalue weighted by Gasteiger charge is -2.32. The summed E-state index contributed by atoms with van der Waals surface area (Å²) in [5.41, 5.74) is 1.38. The van der Waals surface area contributed by atoms with Crippen LogP contribution in [0, 0.1) is 0 Å². The number of nitrogens with zero attached hydrogens (tertiary/aromatic N) is 3. The Morgan fingerprint density at radius 3 is 2.68 bits per heavy atom. The minimum atomic E-state index is 0.430. The first kappa shape index (κ1) is 14.8. The summed E-state index contributed by atoms with van der Waals surface area (Å²) in [5.74, 6) is 1.25. The number of ether oxygens (including phenoxy) is 1. The topological polar surface area (TPSA) is 50.3 Å². The van der Waals surface area contributed by atoms with Crippen molar-refractivity contribution in [2.45, 2.75) is 25.4 Å². The molecular weight excluding hydrogens is 276 g/mol. The minimum Gasteiger partial charge on any atom is -0.481 e. The van der Waals surface area contributed by atoms with Crippen molar-refractivity contribution in [3.05, 3.63) is 48.2 Å². The first-order chi connectivity index (χ1) is 10.8. The van der Waals surface area contributed by atoms with Crippen LogP contribution in [0.2, 0.25) is 0 Å². The molecule has 1 aromatic heterocycles. The van der Waals surface area contributed by atoms with Crippen LogP contribution in [0.1, 0.15) is 18.4 Å². The van der Waals surface area contributed by atoms with Gasteiger partial charge in [-0.2, -0.15) is 4.98 Å². The Hall–Kier alpha value is -2.14. The second-order valence-electron chi connectivity index (χ2n) is 5.60. The molecule has 0 unspecified atom stereocenters. The van der Waals surface area contributed by atoms with Crippen molar-refractivity contribution in [2.75, 3.05) is 25.5 Å². The van der Waals surface area contributed by atoms with Crippen LogP contribution in [-0.4, -0.2) is 41.1 Å². The molecule has 0 saturated carbocycles. The van der Waals surface area contributed by atoms with E-state index in [1.165, 1.54) is 5.56 Å². The van der Waals surface area contributed by atoms with Gasteiger partial charge in [0, 0.05) is 37.9 Å². The smallest absolute Gasteiger partial charge is 0.226 e. The molecule has 5 nitrogen and oxygen atoms in total. The van der Waals surface area contributed by atoms with Crippen LogP contribution in [0.4, 0.5) is 5.95 Å². The fourth-order valence-corrected chi connectivity index (χ4v) is 2.78. The van der Waals surface area contributed by atoms with Crippen LogP contribution >= 0.6 is 0 Å². The van der Waals surface area contributed by atoms with Crippen molar-refractivity contribution >= 4 is 5.95 Å². The van der Waals surface area contributed by atoms with E-state index in [0.29, 0.717) is 17.9 Å². The minimum absolute atomic E-state index is 0.430.